The van der Waals surface area contributed by atoms with E-state index in [-0.39, 0.29) is 0 Å². The van der Waals surface area contributed by atoms with Gasteiger partial charge in [-0.2, -0.15) is 0 Å². The maximum absolute atomic E-state index is 13.3. The summed E-state index contributed by atoms with van der Waals surface area (Å²) in [6.45, 7) is 1.78. The molecule has 0 aliphatic carbocycles. The molecule has 3 aromatic rings. The molecule has 94 valence electrons. The molecule has 0 aliphatic heterocycles. The summed E-state index contributed by atoms with van der Waals surface area (Å²) in [5, 5.41) is 0. The zero-order valence-electron chi connectivity index (χ0n) is 10.2. The molecule has 1 aromatic heterocycles. The molecule has 0 saturated heterocycles. The van der Waals surface area contributed by atoms with Crippen LogP contribution in [0.5, 0.6) is 0 Å². The highest BCUT2D eigenvalue weighted by Crippen LogP contribution is 2.24. The van der Waals surface area contributed by atoms with Gasteiger partial charge >= 0.3 is 0 Å². The molecular formula is C15H10F2N2. The van der Waals surface area contributed by atoms with E-state index in [1.807, 2.05) is 24.3 Å². The van der Waals surface area contributed by atoms with Crippen molar-refractivity contribution in [1.82, 2.24) is 9.97 Å². The third-order valence-corrected chi connectivity index (χ3v) is 2.88. The Kier molecular flexibility index (Phi) is 2.71. The van der Waals surface area contributed by atoms with Gasteiger partial charge < -0.3 is 0 Å². The van der Waals surface area contributed by atoms with Crippen LogP contribution >= 0.6 is 0 Å². The van der Waals surface area contributed by atoms with Crippen molar-refractivity contribution in [2.24, 2.45) is 0 Å². The van der Waals surface area contributed by atoms with Crippen LogP contribution in [-0.2, 0) is 0 Å². The van der Waals surface area contributed by atoms with Crippen LogP contribution in [0.25, 0.3) is 22.3 Å². The fourth-order valence-electron chi connectivity index (χ4n) is 2.05. The van der Waals surface area contributed by atoms with E-state index in [9.17, 15) is 8.78 Å². The van der Waals surface area contributed by atoms with E-state index >= 15 is 0 Å². The predicted molar refractivity (Wildman–Crippen MR) is 69.6 cm³/mol. The zero-order chi connectivity index (χ0) is 13.4. The smallest absolute Gasteiger partial charge is 0.126 e. The van der Waals surface area contributed by atoms with Crippen molar-refractivity contribution in [3.05, 3.63) is 59.8 Å². The molecule has 0 N–H and O–H groups in total. The minimum absolute atomic E-state index is 0.397. The van der Waals surface area contributed by atoms with Gasteiger partial charge in [-0.1, -0.05) is 12.1 Å². The molecular weight excluding hydrogens is 246 g/mol. The number of halogens is 2. The van der Waals surface area contributed by atoms with E-state index in [4.69, 9.17) is 0 Å². The van der Waals surface area contributed by atoms with E-state index in [0.717, 1.165) is 11.6 Å². The Hall–Kier alpha value is -2.36. The summed E-state index contributed by atoms with van der Waals surface area (Å²) in [4.78, 5) is 8.84. The van der Waals surface area contributed by atoms with Gasteiger partial charge in [-0.25, -0.2) is 18.7 Å². The number of hydrogen-bond donors (Lipinski definition) is 0. The topological polar surface area (TPSA) is 25.8 Å². The average molecular weight is 256 g/mol. The number of nitrogens with zero attached hydrogens (tertiary/aromatic N) is 2. The van der Waals surface area contributed by atoms with Crippen molar-refractivity contribution < 1.29 is 8.78 Å². The van der Waals surface area contributed by atoms with E-state index in [0.29, 0.717) is 22.5 Å². The van der Waals surface area contributed by atoms with Gasteiger partial charge in [0.05, 0.1) is 22.4 Å². The SMILES string of the molecule is Cc1nc2ccccc2nc1-c1cc(F)cc(F)c1. The van der Waals surface area contributed by atoms with Gasteiger partial charge in [0.2, 0.25) is 0 Å². The predicted octanol–water partition coefficient (Wildman–Crippen LogP) is 3.88. The molecule has 3 rings (SSSR count). The third kappa shape index (κ3) is 2.17. The maximum atomic E-state index is 13.3. The standard InChI is InChI=1S/C15H10F2N2/c1-9-15(10-6-11(16)8-12(17)7-10)19-14-5-3-2-4-13(14)18-9/h2-8H,1H3. The van der Waals surface area contributed by atoms with Crippen LogP contribution in [0.3, 0.4) is 0 Å². The van der Waals surface area contributed by atoms with E-state index < -0.39 is 11.6 Å². The van der Waals surface area contributed by atoms with Gasteiger partial charge in [0.1, 0.15) is 11.6 Å². The molecule has 0 saturated carbocycles. The normalized spacial score (nSPS) is 10.9. The molecule has 0 amide bonds. The molecule has 0 bridgehead atoms. The lowest BCUT2D eigenvalue weighted by Crippen LogP contribution is -1.95. The zero-order valence-corrected chi connectivity index (χ0v) is 10.2. The Morgan fingerprint density at radius 3 is 2.05 bits per heavy atom. The van der Waals surface area contributed by atoms with E-state index in [1.54, 1.807) is 6.92 Å². The highest BCUT2D eigenvalue weighted by atomic mass is 19.1. The highest BCUT2D eigenvalue weighted by molar-refractivity contribution is 5.78. The van der Waals surface area contributed by atoms with Crippen molar-refractivity contribution >= 4 is 11.0 Å². The van der Waals surface area contributed by atoms with Crippen molar-refractivity contribution in [3.63, 3.8) is 0 Å². The Balaban J connectivity index is 2.26. The van der Waals surface area contributed by atoms with Crippen LogP contribution in [-0.4, -0.2) is 9.97 Å². The summed E-state index contributed by atoms with van der Waals surface area (Å²) >= 11 is 0. The fraction of sp³-hybridized carbons (Fsp3) is 0.0667. The number of aromatic nitrogens is 2. The van der Waals surface area contributed by atoms with Crippen molar-refractivity contribution in [2.75, 3.05) is 0 Å². The summed E-state index contributed by atoms with van der Waals surface area (Å²) < 4.78 is 26.5. The summed E-state index contributed by atoms with van der Waals surface area (Å²) in [6, 6.07) is 10.8. The summed E-state index contributed by atoms with van der Waals surface area (Å²) in [7, 11) is 0. The molecule has 0 atom stereocenters. The Morgan fingerprint density at radius 2 is 1.42 bits per heavy atom. The van der Waals surface area contributed by atoms with Gasteiger partial charge in [0, 0.05) is 11.6 Å². The lowest BCUT2D eigenvalue weighted by atomic mass is 10.1. The molecule has 2 nitrogen and oxygen atoms in total. The highest BCUT2D eigenvalue weighted by Gasteiger charge is 2.10. The quantitative estimate of drug-likeness (QED) is 0.660. The average Bonchev–Trinajstić information content (AvgIpc) is 2.36. The van der Waals surface area contributed by atoms with Crippen LogP contribution in [0.1, 0.15) is 5.69 Å². The second-order valence-electron chi connectivity index (χ2n) is 4.30. The lowest BCUT2D eigenvalue weighted by molar-refractivity contribution is 0.584. The summed E-state index contributed by atoms with van der Waals surface area (Å²) in [5.74, 6) is -1.24. The van der Waals surface area contributed by atoms with Gasteiger partial charge in [-0.05, 0) is 31.2 Å². The van der Waals surface area contributed by atoms with Crippen LogP contribution in [0.15, 0.2) is 42.5 Å². The molecule has 0 radical (unpaired) electrons. The molecule has 2 aromatic carbocycles. The number of hydrogen-bond acceptors (Lipinski definition) is 2. The van der Waals surface area contributed by atoms with Gasteiger partial charge in [-0.3, -0.25) is 0 Å². The second-order valence-corrected chi connectivity index (χ2v) is 4.30. The Morgan fingerprint density at radius 1 is 0.842 bits per heavy atom. The largest absolute Gasteiger partial charge is 0.249 e. The molecule has 0 aliphatic rings. The number of para-hydroxylation sites is 2. The van der Waals surface area contributed by atoms with E-state index in [1.165, 1.54) is 12.1 Å². The summed E-state index contributed by atoms with van der Waals surface area (Å²) in [5.41, 5.74) is 3.00. The number of fused-ring (bicyclic) bond motifs is 1. The van der Waals surface area contributed by atoms with Crippen molar-refractivity contribution in [2.45, 2.75) is 6.92 Å². The molecule has 0 fully saturated rings. The second kappa shape index (κ2) is 4.39. The van der Waals surface area contributed by atoms with Crippen molar-refractivity contribution in [3.8, 4) is 11.3 Å². The maximum Gasteiger partial charge on any atom is 0.126 e. The monoisotopic (exact) mass is 256 g/mol. The van der Waals surface area contributed by atoms with Crippen LogP contribution in [0.4, 0.5) is 8.78 Å². The minimum atomic E-state index is -0.621. The number of rotatable bonds is 1. The first-order valence-electron chi connectivity index (χ1n) is 5.83. The first kappa shape index (κ1) is 11.7. The van der Waals surface area contributed by atoms with Gasteiger partial charge in [-0.15, -0.1) is 0 Å². The molecule has 0 unspecified atom stereocenters. The van der Waals surface area contributed by atoms with E-state index in [2.05, 4.69) is 9.97 Å². The van der Waals surface area contributed by atoms with Crippen LogP contribution in [0, 0.1) is 18.6 Å². The van der Waals surface area contributed by atoms with Gasteiger partial charge in [0.25, 0.3) is 0 Å². The number of benzene rings is 2. The lowest BCUT2D eigenvalue weighted by Gasteiger charge is -2.07. The first-order chi connectivity index (χ1) is 9.13. The third-order valence-electron chi connectivity index (χ3n) is 2.88. The fourth-order valence-corrected chi connectivity index (χ4v) is 2.05. The van der Waals surface area contributed by atoms with Gasteiger partial charge in [0.15, 0.2) is 0 Å². The van der Waals surface area contributed by atoms with Crippen LogP contribution in [0.2, 0.25) is 0 Å². The minimum Gasteiger partial charge on any atom is -0.249 e. The first-order valence-corrected chi connectivity index (χ1v) is 5.83. The molecule has 19 heavy (non-hydrogen) atoms. The van der Waals surface area contributed by atoms with Crippen molar-refractivity contribution in [1.29, 1.82) is 0 Å². The Bertz CT molecular complexity index is 749. The number of aryl methyl sites for hydroxylation is 1. The van der Waals surface area contributed by atoms with Crippen LogP contribution < -0.4 is 0 Å². The molecule has 1 heterocycles. The Labute approximate surface area is 108 Å². The summed E-state index contributed by atoms with van der Waals surface area (Å²) in [6.07, 6.45) is 0. The molecule has 0 spiro atoms. The molecule has 4 heteroatoms.